The lowest BCUT2D eigenvalue weighted by molar-refractivity contribution is 0.212. The number of hydrogen-bond donors (Lipinski definition) is 2. The third-order valence-electron chi connectivity index (χ3n) is 2.58. The van der Waals surface area contributed by atoms with Gasteiger partial charge >= 0.3 is 6.03 Å². The predicted octanol–water partition coefficient (Wildman–Crippen LogP) is 0.788. The minimum absolute atomic E-state index is 0.00417. The number of rotatable bonds is 3. The number of carbonyl (C=O) groups is 1. The van der Waals surface area contributed by atoms with Crippen molar-refractivity contribution in [2.24, 2.45) is 0 Å². The van der Waals surface area contributed by atoms with Gasteiger partial charge in [0, 0.05) is 26.2 Å². The standard InChI is InChI=1S/C10H21N3O/c1-8(12-10(14)13(2)3)7-9-5-4-6-11-9/h8-9,11H,4-7H2,1-3H3,(H,12,14). The molecule has 1 heterocycles. The molecule has 0 aliphatic carbocycles. The average molecular weight is 199 g/mol. The van der Waals surface area contributed by atoms with Crippen LogP contribution in [0, 0.1) is 0 Å². The lowest BCUT2D eigenvalue weighted by Gasteiger charge is -2.20. The number of urea groups is 1. The number of nitrogens with zero attached hydrogens (tertiary/aromatic N) is 1. The van der Waals surface area contributed by atoms with E-state index in [2.05, 4.69) is 17.6 Å². The smallest absolute Gasteiger partial charge is 0.317 e. The van der Waals surface area contributed by atoms with Gasteiger partial charge < -0.3 is 15.5 Å². The first-order chi connectivity index (χ1) is 6.59. The molecule has 2 unspecified atom stereocenters. The van der Waals surface area contributed by atoms with Crippen LogP contribution in [0.2, 0.25) is 0 Å². The van der Waals surface area contributed by atoms with Crippen molar-refractivity contribution in [1.29, 1.82) is 0 Å². The van der Waals surface area contributed by atoms with Crippen molar-refractivity contribution < 1.29 is 4.79 Å². The van der Waals surface area contributed by atoms with Crippen molar-refractivity contribution in [3.63, 3.8) is 0 Å². The Hall–Kier alpha value is -0.770. The Labute approximate surface area is 86.0 Å². The van der Waals surface area contributed by atoms with Gasteiger partial charge in [0.2, 0.25) is 0 Å². The third-order valence-corrected chi connectivity index (χ3v) is 2.58. The zero-order valence-corrected chi connectivity index (χ0v) is 9.34. The number of nitrogens with one attached hydrogen (secondary N) is 2. The van der Waals surface area contributed by atoms with Gasteiger partial charge in [-0.3, -0.25) is 0 Å². The molecule has 0 aromatic carbocycles. The van der Waals surface area contributed by atoms with Crippen LogP contribution in [0.3, 0.4) is 0 Å². The topological polar surface area (TPSA) is 44.4 Å². The Bertz CT molecular complexity index is 188. The summed E-state index contributed by atoms with van der Waals surface area (Å²) in [7, 11) is 3.52. The molecule has 1 aliphatic heterocycles. The van der Waals surface area contributed by atoms with Gasteiger partial charge in [0.15, 0.2) is 0 Å². The lowest BCUT2D eigenvalue weighted by atomic mass is 10.1. The molecule has 4 nitrogen and oxygen atoms in total. The molecule has 82 valence electrons. The van der Waals surface area contributed by atoms with Crippen LogP contribution in [0.4, 0.5) is 4.79 Å². The van der Waals surface area contributed by atoms with Crippen LogP contribution in [-0.4, -0.2) is 43.7 Å². The van der Waals surface area contributed by atoms with E-state index in [1.54, 1.807) is 19.0 Å². The molecule has 1 saturated heterocycles. The van der Waals surface area contributed by atoms with Gasteiger partial charge in [-0.05, 0) is 32.7 Å². The molecule has 0 radical (unpaired) electrons. The second-order valence-electron chi connectivity index (χ2n) is 4.27. The summed E-state index contributed by atoms with van der Waals surface area (Å²) in [5, 5.41) is 6.38. The molecule has 0 bridgehead atoms. The largest absolute Gasteiger partial charge is 0.335 e. The van der Waals surface area contributed by atoms with Gasteiger partial charge in [-0.1, -0.05) is 0 Å². The van der Waals surface area contributed by atoms with E-state index in [9.17, 15) is 4.79 Å². The number of amides is 2. The van der Waals surface area contributed by atoms with Crippen molar-refractivity contribution in [3.8, 4) is 0 Å². The summed E-state index contributed by atoms with van der Waals surface area (Å²) < 4.78 is 0. The predicted molar refractivity (Wildman–Crippen MR) is 57.3 cm³/mol. The Morgan fingerprint density at radius 3 is 2.86 bits per heavy atom. The maximum Gasteiger partial charge on any atom is 0.317 e. The van der Waals surface area contributed by atoms with Crippen LogP contribution < -0.4 is 10.6 Å². The summed E-state index contributed by atoms with van der Waals surface area (Å²) in [6.07, 6.45) is 3.53. The Morgan fingerprint density at radius 2 is 2.36 bits per heavy atom. The maximum atomic E-state index is 11.3. The first-order valence-electron chi connectivity index (χ1n) is 5.31. The molecule has 2 atom stereocenters. The fraction of sp³-hybridized carbons (Fsp3) is 0.900. The minimum atomic E-state index is -0.00417. The molecule has 0 spiro atoms. The Kier molecular flexibility index (Phi) is 4.20. The first-order valence-corrected chi connectivity index (χ1v) is 5.31. The Balaban J connectivity index is 2.20. The molecule has 0 aromatic rings. The van der Waals surface area contributed by atoms with Gasteiger partial charge in [0.05, 0.1) is 0 Å². The zero-order chi connectivity index (χ0) is 10.6. The molecular weight excluding hydrogens is 178 g/mol. The fourth-order valence-electron chi connectivity index (χ4n) is 1.78. The highest BCUT2D eigenvalue weighted by Gasteiger charge is 2.18. The fourth-order valence-corrected chi connectivity index (χ4v) is 1.78. The quantitative estimate of drug-likeness (QED) is 0.706. The van der Waals surface area contributed by atoms with Crippen LogP contribution in [0.25, 0.3) is 0 Å². The highest BCUT2D eigenvalue weighted by Crippen LogP contribution is 2.10. The van der Waals surface area contributed by atoms with Gasteiger partial charge in [-0.25, -0.2) is 4.79 Å². The van der Waals surface area contributed by atoms with E-state index in [1.165, 1.54) is 12.8 Å². The molecule has 4 heteroatoms. The molecule has 1 rings (SSSR count). The highest BCUT2D eigenvalue weighted by molar-refractivity contribution is 5.73. The third kappa shape index (κ3) is 3.54. The summed E-state index contributed by atoms with van der Waals surface area (Å²) >= 11 is 0. The molecular formula is C10H21N3O. The summed E-state index contributed by atoms with van der Waals surface area (Å²) in [6.45, 7) is 3.18. The van der Waals surface area contributed by atoms with Crippen molar-refractivity contribution in [3.05, 3.63) is 0 Å². The molecule has 0 saturated carbocycles. The molecule has 2 N–H and O–H groups in total. The van der Waals surface area contributed by atoms with Gasteiger partial charge in [0.1, 0.15) is 0 Å². The Morgan fingerprint density at radius 1 is 1.64 bits per heavy atom. The van der Waals surface area contributed by atoms with Crippen LogP contribution in [0.15, 0.2) is 0 Å². The second-order valence-corrected chi connectivity index (χ2v) is 4.27. The van der Waals surface area contributed by atoms with Crippen LogP contribution in [0.5, 0.6) is 0 Å². The minimum Gasteiger partial charge on any atom is -0.335 e. The van der Waals surface area contributed by atoms with E-state index in [0.717, 1.165) is 13.0 Å². The zero-order valence-electron chi connectivity index (χ0n) is 9.34. The number of carbonyl (C=O) groups excluding carboxylic acids is 1. The van der Waals surface area contributed by atoms with E-state index in [0.29, 0.717) is 6.04 Å². The summed E-state index contributed by atoms with van der Waals surface area (Å²) in [6, 6.07) is 0.837. The van der Waals surface area contributed by atoms with E-state index in [4.69, 9.17) is 0 Å². The highest BCUT2D eigenvalue weighted by atomic mass is 16.2. The second kappa shape index (κ2) is 5.20. The van der Waals surface area contributed by atoms with E-state index in [1.807, 2.05) is 0 Å². The monoisotopic (exact) mass is 199 g/mol. The van der Waals surface area contributed by atoms with E-state index < -0.39 is 0 Å². The van der Waals surface area contributed by atoms with Gasteiger partial charge in [-0.15, -0.1) is 0 Å². The van der Waals surface area contributed by atoms with E-state index >= 15 is 0 Å². The SMILES string of the molecule is CC(CC1CCCN1)NC(=O)N(C)C. The molecule has 1 aliphatic rings. The summed E-state index contributed by atoms with van der Waals surface area (Å²) in [4.78, 5) is 12.9. The van der Waals surface area contributed by atoms with Crippen LogP contribution >= 0.6 is 0 Å². The maximum absolute atomic E-state index is 11.3. The van der Waals surface area contributed by atoms with Crippen molar-refractivity contribution in [2.45, 2.75) is 38.3 Å². The molecule has 0 aromatic heterocycles. The van der Waals surface area contributed by atoms with Crippen molar-refractivity contribution >= 4 is 6.03 Å². The number of hydrogen-bond acceptors (Lipinski definition) is 2. The van der Waals surface area contributed by atoms with E-state index in [-0.39, 0.29) is 12.1 Å². The van der Waals surface area contributed by atoms with Crippen LogP contribution in [0.1, 0.15) is 26.2 Å². The summed E-state index contributed by atoms with van der Waals surface area (Å²) in [5.41, 5.74) is 0. The van der Waals surface area contributed by atoms with Gasteiger partial charge in [0.25, 0.3) is 0 Å². The average Bonchev–Trinajstić information content (AvgIpc) is 2.56. The molecule has 14 heavy (non-hydrogen) atoms. The molecule has 2 amide bonds. The molecule has 1 fully saturated rings. The van der Waals surface area contributed by atoms with Crippen molar-refractivity contribution in [1.82, 2.24) is 15.5 Å². The lowest BCUT2D eigenvalue weighted by Crippen LogP contribution is -2.42. The first kappa shape index (κ1) is 11.3. The normalized spacial score (nSPS) is 23.2. The van der Waals surface area contributed by atoms with Crippen molar-refractivity contribution in [2.75, 3.05) is 20.6 Å². The van der Waals surface area contributed by atoms with Crippen LogP contribution in [-0.2, 0) is 0 Å². The van der Waals surface area contributed by atoms with Gasteiger partial charge in [-0.2, -0.15) is 0 Å². The summed E-state index contributed by atoms with van der Waals surface area (Å²) in [5.74, 6) is 0.